The number of hydrogen-bond acceptors (Lipinski definition) is 3. The van der Waals surface area contributed by atoms with E-state index in [-0.39, 0.29) is 44.6 Å². The van der Waals surface area contributed by atoms with Crippen molar-refractivity contribution < 1.29 is 0 Å². The Labute approximate surface area is 471 Å². The molecule has 1 unspecified atom stereocenters. The molecule has 0 bridgehead atoms. The van der Waals surface area contributed by atoms with Crippen LogP contribution in [0.2, 0.25) is 0 Å². The predicted molar refractivity (Wildman–Crippen MR) is 339 cm³/mol. The van der Waals surface area contributed by atoms with Crippen molar-refractivity contribution in [1.29, 1.82) is 0 Å². The van der Waals surface area contributed by atoms with Crippen LogP contribution in [0, 0.1) is 6.92 Å². The topological polar surface area (TPSA) is 9.72 Å². The molecule has 5 aliphatic rings. The summed E-state index contributed by atoms with van der Waals surface area (Å²) in [7, 11) is 0. The van der Waals surface area contributed by atoms with Gasteiger partial charge in [0.15, 0.2) is 0 Å². The lowest BCUT2D eigenvalue weighted by atomic mass is 9.33. The van der Waals surface area contributed by atoms with Crippen LogP contribution in [-0.4, -0.2) is 13.3 Å². The molecule has 78 heavy (non-hydrogen) atoms. The van der Waals surface area contributed by atoms with E-state index in [0.717, 1.165) is 19.4 Å². The van der Waals surface area contributed by atoms with Crippen LogP contribution in [0.15, 0.2) is 127 Å². The van der Waals surface area contributed by atoms with Crippen LogP contribution in [0.3, 0.4) is 0 Å². The summed E-state index contributed by atoms with van der Waals surface area (Å²) >= 11 is 0. The van der Waals surface area contributed by atoms with E-state index in [1.54, 1.807) is 0 Å². The van der Waals surface area contributed by atoms with Gasteiger partial charge in [-0.3, -0.25) is 0 Å². The molecule has 4 heteroatoms. The van der Waals surface area contributed by atoms with Crippen LogP contribution in [0.1, 0.15) is 200 Å². The van der Waals surface area contributed by atoms with Gasteiger partial charge in [0, 0.05) is 57.3 Å². The maximum atomic E-state index is 2.76. The minimum absolute atomic E-state index is 0.00232. The normalized spacial score (nSPS) is 19.8. The fourth-order valence-electron chi connectivity index (χ4n) is 16.1. The van der Waals surface area contributed by atoms with Gasteiger partial charge in [-0.05, 0) is 174 Å². The molecule has 7 aromatic rings. The molecule has 0 amide bonds. The fourth-order valence-corrected chi connectivity index (χ4v) is 16.1. The molecule has 0 fully saturated rings. The van der Waals surface area contributed by atoms with Gasteiger partial charge in [-0.2, -0.15) is 0 Å². The molecule has 402 valence electrons. The van der Waals surface area contributed by atoms with Gasteiger partial charge in [0.2, 0.25) is 0 Å². The molecule has 12 rings (SSSR count). The summed E-state index contributed by atoms with van der Waals surface area (Å²) in [4.78, 5) is 8.24. The number of unbranched alkanes of at least 4 members (excludes halogenated alkanes) is 3. The van der Waals surface area contributed by atoms with Crippen LogP contribution in [0.4, 0.5) is 45.5 Å². The maximum Gasteiger partial charge on any atom is 0.252 e. The van der Waals surface area contributed by atoms with E-state index in [4.69, 9.17) is 0 Å². The van der Waals surface area contributed by atoms with Gasteiger partial charge in [0.05, 0.1) is 5.69 Å². The van der Waals surface area contributed by atoms with Crippen LogP contribution in [0.25, 0.3) is 11.1 Å². The van der Waals surface area contributed by atoms with Gasteiger partial charge in [-0.25, -0.2) is 0 Å². The van der Waals surface area contributed by atoms with Crippen molar-refractivity contribution in [3.8, 4) is 11.1 Å². The van der Waals surface area contributed by atoms with Gasteiger partial charge in [0.1, 0.15) is 0 Å². The van der Waals surface area contributed by atoms with E-state index in [1.807, 2.05) is 0 Å². The van der Waals surface area contributed by atoms with Crippen LogP contribution < -0.4 is 31.1 Å². The molecule has 3 heterocycles. The van der Waals surface area contributed by atoms with Crippen molar-refractivity contribution in [3.63, 3.8) is 0 Å². The van der Waals surface area contributed by atoms with Crippen molar-refractivity contribution in [2.75, 3.05) is 21.2 Å². The summed E-state index contributed by atoms with van der Waals surface area (Å²) in [6.07, 6.45) is 8.47. The first-order valence-electron chi connectivity index (χ1n) is 30.0. The summed E-state index contributed by atoms with van der Waals surface area (Å²) in [5.41, 5.74) is 28.5. The van der Waals surface area contributed by atoms with E-state index in [1.165, 1.54) is 150 Å². The van der Waals surface area contributed by atoms with Gasteiger partial charge in [-0.1, -0.05) is 215 Å². The second-order valence-corrected chi connectivity index (χ2v) is 29.9. The third kappa shape index (κ3) is 8.25. The largest absolute Gasteiger partial charge is 0.340 e. The zero-order chi connectivity index (χ0) is 55.4. The zero-order valence-corrected chi connectivity index (χ0v) is 50.7. The smallest absolute Gasteiger partial charge is 0.252 e. The number of fused-ring (bicyclic) bond motifs is 7. The molecule has 0 spiro atoms. The maximum absolute atomic E-state index is 2.76. The number of rotatable bonds is 9. The highest BCUT2D eigenvalue weighted by molar-refractivity contribution is 7.00. The first-order valence-corrected chi connectivity index (χ1v) is 30.0. The van der Waals surface area contributed by atoms with Crippen molar-refractivity contribution in [2.45, 2.75) is 201 Å². The number of aryl methyl sites for hydroxylation is 1. The molecular weight excluding hydrogens is 942 g/mol. The van der Waals surface area contributed by atoms with Gasteiger partial charge in [0.25, 0.3) is 6.71 Å². The quantitative estimate of drug-likeness (QED) is 0.105. The standard InChI is InChI=1S/C74H88BN3/c1-18-19-20-26-35-74(17)46-76(61-30-25-24-29-53(61)74)51-39-65-67-66(40-51)78(62-42-56-54(36-47(62)2)70(9,10)44-72(56,13)14)63-38-50(69(6,7)8)31-33-58(63)75(67)59-41-55-57(73(15,16)45-71(55,11)12)43-64(59)77(65)60-34-32-49(68(3,4)5)37-52(60)48-27-22-21-23-28-48/h21-25,27-34,36-43H,18-20,26,35,44-46H2,1-17H3. The molecule has 0 N–H and O–H groups in total. The lowest BCUT2D eigenvalue weighted by molar-refractivity contribution is 0.402. The van der Waals surface area contributed by atoms with Crippen molar-refractivity contribution in [3.05, 3.63) is 172 Å². The first kappa shape index (κ1) is 52.7. The highest BCUT2D eigenvalue weighted by Gasteiger charge is 2.50. The summed E-state index contributed by atoms with van der Waals surface area (Å²) in [5.74, 6) is 0. The van der Waals surface area contributed by atoms with Crippen LogP contribution in [0.5, 0.6) is 0 Å². The van der Waals surface area contributed by atoms with Gasteiger partial charge >= 0.3 is 0 Å². The number of benzene rings is 7. The van der Waals surface area contributed by atoms with E-state index < -0.39 is 0 Å². The summed E-state index contributed by atoms with van der Waals surface area (Å²) in [6, 6.07) is 51.5. The fraction of sp³-hybridized carbons (Fsp3) is 0.432. The molecule has 3 aliphatic heterocycles. The Bertz CT molecular complexity index is 3560. The second kappa shape index (κ2) is 17.8. The Hall–Kier alpha value is -6.00. The Morgan fingerprint density at radius 2 is 1.00 bits per heavy atom. The van der Waals surface area contributed by atoms with Gasteiger partial charge in [-0.15, -0.1) is 0 Å². The number of anilines is 8. The average molecular weight is 1030 g/mol. The van der Waals surface area contributed by atoms with Crippen LogP contribution >= 0.6 is 0 Å². The Morgan fingerprint density at radius 3 is 1.63 bits per heavy atom. The number of nitrogens with zero attached hydrogens (tertiary/aromatic N) is 3. The van der Waals surface area contributed by atoms with Crippen LogP contribution in [-0.2, 0) is 37.9 Å². The van der Waals surface area contributed by atoms with Crippen molar-refractivity contribution in [1.82, 2.24) is 0 Å². The molecule has 2 aliphatic carbocycles. The molecular formula is C74H88BN3. The third-order valence-corrected chi connectivity index (χ3v) is 19.8. The van der Waals surface area contributed by atoms with E-state index in [9.17, 15) is 0 Å². The minimum atomic E-state index is -0.0570. The summed E-state index contributed by atoms with van der Waals surface area (Å²) in [6.45, 7) is 42.3. The molecule has 0 radical (unpaired) electrons. The highest BCUT2D eigenvalue weighted by atomic mass is 15.2. The third-order valence-electron chi connectivity index (χ3n) is 19.8. The molecule has 0 saturated heterocycles. The minimum Gasteiger partial charge on any atom is -0.340 e. The first-order chi connectivity index (χ1) is 36.6. The second-order valence-electron chi connectivity index (χ2n) is 29.9. The summed E-state index contributed by atoms with van der Waals surface area (Å²) in [5, 5.41) is 0. The number of hydrogen-bond donors (Lipinski definition) is 0. The van der Waals surface area contributed by atoms with E-state index in [0.29, 0.717) is 0 Å². The number of para-hydroxylation sites is 1. The molecule has 3 nitrogen and oxygen atoms in total. The summed E-state index contributed by atoms with van der Waals surface area (Å²) < 4.78 is 0. The van der Waals surface area contributed by atoms with E-state index >= 15 is 0 Å². The Kier molecular flexibility index (Phi) is 12.0. The molecule has 0 saturated carbocycles. The lowest BCUT2D eigenvalue weighted by Gasteiger charge is -2.46. The molecule has 0 aromatic heterocycles. The Balaban J connectivity index is 1.23. The molecule has 7 aromatic carbocycles. The van der Waals surface area contributed by atoms with Crippen molar-refractivity contribution in [2.24, 2.45) is 0 Å². The predicted octanol–water partition coefficient (Wildman–Crippen LogP) is 18.6. The highest BCUT2D eigenvalue weighted by Crippen LogP contribution is 2.57. The SMILES string of the molecule is CCCCCCC1(C)CN(c2cc3c4c(c2)N(c2ccc(C(C)(C)C)cc2-c2ccccc2)c2cc5c(cc2B4c2ccc(C(C)(C)C)cc2N3c2cc3c(cc2C)C(C)(C)CC3(C)C)C(C)(C)CC5(C)C)c2ccccc21. The van der Waals surface area contributed by atoms with E-state index in [2.05, 4.69) is 260 Å². The lowest BCUT2D eigenvalue weighted by Crippen LogP contribution is -2.61. The average Bonchev–Trinajstić information content (AvgIpc) is 2.63. The zero-order valence-electron chi connectivity index (χ0n) is 50.7. The van der Waals surface area contributed by atoms with Gasteiger partial charge < -0.3 is 14.7 Å². The molecule has 1 atom stereocenters. The van der Waals surface area contributed by atoms with Crippen molar-refractivity contribution >= 4 is 68.6 Å². The monoisotopic (exact) mass is 1030 g/mol. The Morgan fingerprint density at radius 1 is 0.462 bits per heavy atom.